The minimum absolute atomic E-state index is 0.190. The molecule has 2 nitrogen and oxygen atoms in total. The van der Waals surface area contributed by atoms with E-state index in [1.807, 2.05) is 24.3 Å². The Labute approximate surface area is 129 Å². The highest BCUT2D eigenvalue weighted by Gasteiger charge is 2.12. The van der Waals surface area contributed by atoms with Crippen LogP contribution in [0.25, 0.3) is 0 Å². The molecule has 0 saturated carbocycles. The second-order valence-corrected chi connectivity index (χ2v) is 6.29. The predicted octanol–water partition coefficient (Wildman–Crippen LogP) is 4.65. The third-order valence-corrected chi connectivity index (χ3v) is 4.46. The molecule has 1 heterocycles. The third kappa shape index (κ3) is 3.10. The highest BCUT2D eigenvalue weighted by Crippen LogP contribution is 2.35. The fraction of sp³-hybridized carbons (Fsp3) is 0.200. The summed E-state index contributed by atoms with van der Waals surface area (Å²) in [5.74, 6) is 1.93. The Morgan fingerprint density at radius 2 is 1.85 bits per heavy atom. The molecule has 2 aromatic rings. The monoisotopic (exact) mass is 354 g/mol. The van der Waals surface area contributed by atoms with Crippen molar-refractivity contribution < 1.29 is 13.9 Å². The van der Waals surface area contributed by atoms with E-state index in [2.05, 4.69) is 15.9 Å². The molecule has 3 rings (SSSR count). The minimum atomic E-state index is -0.190. The molecule has 0 N–H and O–H groups in total. The molecule has 0 fully saturated rings. The van der Waals surface area contributed by atoms with Crippen molar-refractivity contribution in [2.45, 2.75) is 10.6 Å². The standard InChI is InChI=1S/C15H12BrFO2S/c16-11-2-1-10(13(17)7-11)9-20-12-3-4-14-15(8-12)19-6-5-18-14/h1-4,7-8H,5-6,9H2. The van der Waals surface area contributed by atoms with E-state index in [1.165, 1.54) is 6.07 Å². The zero-order valence-corrected chi connectivity index (χ0v) is 13.0. The van der Waals surface area contributed by atoms with Crippen LogP contribution in [-0.2, 0) is 5.75 Å². The number of hydrogen-bond acceptors (Lipinski definition) is 3. The van der Waals surface area contributed by atoms with E-state index in [9.17, 15) is 4.39 Å². The molecule has 0 saturated heterocycles. The molecule has 104 valence electrons. The third-order valence-electron chi connectivity index (χ3n) is 2.92. The van der Waals surface area contributed by atoms with Crippen molar-refractivity contribution in [2.75, 3.05) is 13.2 Å². The summed E-state index contributed by atoms with van der Waals surface area (Å²) in [6.07, 6.45) is 0. The van der Waals surface area contributed by atoms with Crippen LogP contribution in [0.15, 0.2) is 45.8 Å². The molecule has 0 spiro atoms. The van der Waals surface area contributed by atoms with Gasteiger partial charge in [-0.05, 0) is 35.9 Å². The van der Waals surface area contributed by atoms with E-state index in [0.29, 0.717) is 24.5 Å². The first-order valence-electron chi connectivity index (χ1n) is 6.19. The van der Waals surface area contributed by atoms with E-state index in [4.69, 9.17) is 9.47 Å². The molecule has 5 heteroatoms. The molecule has 0 aromatic heterocycles. The van der Waals surface area contributed by atoms with Gasteiger partial charge in [0.05, 0.1) is 0 Å². The average molecular weight is 355 g/mol. The van der Waals surface area contributed by atoms with Gasteiger partial charge >= 0.3 is 0 Å². The van der Waals surface area contributed by atoms with Crippen molar-refractivity contribution in [3.63, 3.8) is 0 Å². The number of ether oxygens (including phenoxy) is 2. The van der Waals surface area contributed by atoms with Crippen molar-refractivity contribution in [2.24, 2.45) is 0 Å². The molecule has 0 atom stereocenters. The number of benzene rings is 2. The lowest BCUT2D eigenvalue weighted by atomic mass is 10.2. The number of thioether (sulfide) groups is 1. The first kappa shape index (κ1) is 13.8. The summed E-state index contributed by atoms with van der Waals surface area (Å²) in [6.45, 7) is 1.16. The van der Waals surface area contributed by atoms with Gasteiger partial charge in [0.15, 0.2) is 11.5 Å². The maximum atomic E-state index is 13.7. The lowest BCUT2D eigenvalue weighted by Crippen LogP contribution is -2.15. The largest absolute Gasteiger partial charge is 0.486 e. The van der Waals surface area contributed by atoms with Gasteiger partial charge in [0.2, 0.25) is 0 Å². The lowest BCUT2D eigenvalue weighted by Gasteiger charge is -2.18. The van der Waals surface area contributed by atoms with Crippen molar-refractivity contribution in [3.8, 4) is 11.5 Å². The van der Waals surface area contributed by atoms with Crippen LogP contribution in [-0.4, -0.2) is 13.2 Å². The smallest absolute Gasteiger partial charge is 0.162 e. The van der Waals surface area contributed by atoms with Crippen LogP contribution in [0.5, 0.6) is 11.5 Å². The summed E-state index contributed by atoms with van der Waals surface area (Å²) in [5, 5.41) is 0. The molecular weight excluding hydrogens is 343 g/mol. The Bertz CT molecular complexity index is 633. The molecule has 20 heavy (non-hydrogen) atoms. The summed E-state index contributed by atoms with van der Waals surface area (Å²) < 4.78 is 25.5. The zero-order chi connectivity index (χ0) is 13.9. The van der Waals surface area contributed by atoms with E-state index in [1.54, 1.807) is 17.8 Å². The van der Waals surface area contributed by atoms with E-state index < -0.39 is 0 Å². The van der Waals surface area contributed by atoms with E-state index in [0.717, 1.165) is 20.9 Å². The lowest BCUT2D eigenvalue weighted by molar-refractivity contribution is 0.171. The SMILES string of the molecule is Fc1cc(Br)ccc1CSc1ccc2c(c1)OCCO2. The highest BCUT2D eigenvalue weighted by molar-refractivity contribution is 9.10. The normalized spacial score (nSPS) is 13.3. The Hall–Kier alpha value is -1.20. The first-order valence-corrected chi connectivity index (χ1v) is 7.96. The summed E-state index contributed by atoms with van der Waals surface area (Å²) in [6, 6.07) is 10.9. The van der Waals surface area contributed by atoms with Gasteiger partial charge < -0.3 is 9.47 Å². The van der Waals surface area contributed by atoms with Gasteiger partial charge in [-0.1, -0.05) is 22.0 Å². The van der Waals surface area contributed by atoms with Crippen LogP contribution in [0.1, 0.15) is 5.56 Å². The summed E-state index contributed by atoms with van der Waals surface area (Å²) >= 11 is 4.83. The van der Waals surface area contributed by atoms with Crippen LogP contribution in [0.3, 0.4) is 0 Å². The second-order valence-electron chi connectivity index (χ2n) is 4.33. The number of rotatable bonds is 3. The topological polar surface area (TPSA) is 18.5 Å². The van der Waals surface area contributed by atoms with Crippen molar-refractivity contribution in [1.29, 1.82) is 0 Å². The van der Waals surface area contributed by atoms with Gasteiger partial charge in [-0.25, -0.2) is 4.39 Å². The van der Waals surface area contributed by atoms with Gasteiger partial charge in [0.1, 0.15) is 19.0 Å². The maximum absolute atomic E-state index is 13.7. The van der Waals surface area contributed by atoms with Gasteiger partial charge in [0, 0.05) is 15.1 Å². The first-order chi connectivity index (χ1) is 9.72. The Morgan fingerprint density at radius 1 is 1.05 bits per heavy atom. The van der Waals surface area contributed by atoms with Gasteiger partial charge in [-0.3, -0.25) is 0 Å². The summed E-state index contributed by atoms with van der Waals surface area (Å²) in [7, 11) is 0. The van der Waals surface area contributed by atoms with Gasteiger partial charge in [-0.15, -0.1) is 11.8 Å². The highest BCUT2D eigenvalue weighted by atomic mass is 79.9. The molecule has 0 aliphatic carbocycles. The van der Waals surface area contributed by atoms with Crippen LogP contribution in [0.2, 0.25) is 0 Å². The molecule has 2 aromatic carbocycles. The van der Waals surface area contributed by atoms with E-state index >= 15 is 0 Å². The van der Waals surface area contributed by atoms with Crippen LogP contribution in [0.4, 0.5) is 4.39 Å². The van der Waals surface area contributed by atoms with Crippen LogP contribution < -0.4 is 9.47 Å². The Balaban J connectivity index is 1.72. The number of fused-ring (bicyclic) bond motifs is 1. The molecule has 1 aliphatic heterocycles. The number of hydrogen-bond donors (Lipinski definition) is 0. The van der Waals surface area contributed by atoms with E-state index in [-0.39, 0.29) is 5.82 Å². The van der Waals surface area contributed by atoms with Crippen molar-refractivity contribution >= 4 is 27.7 Å². The predicted molar refractivity (Wildman–Crippen MR) is 81.1 cm³/mol. The van der Waals surface area contributed by atoms with Crippen molar-refractivity contribution in [1.82, 2.24) is 0 Å². The number of halogens is 2. The van der Waals surface area contributed by atoms with Crippen molar-refractivity contribution in [3.05, 3.63) is 52.3 Å². The fourth-order valence-electron chi connectivity index (χ4n) is 1.91. The quantitative estimate of drug-likeness (QED) is 0.747. The van der Waals surface area contributed by atoms with Gasteiger partial charge in [-0.2, -0.15) is 0 Å². The average Bonchev–Trinajstić information content (AvgIpc) is 2.46. The molecule has 0 bridgehead atoms. The Morgan fingerprint density at radius 3 is 2.65 bits per heavy atom. The van der Waals surface area contributed by atoms with Crippen LogP contribution >= 0.6 is 27.7 Å². The van der Waals surface area contributed by atoms with Crippen LogP contribution in [0, 0.1) is 5.82 Å². The molecule has 0 radical (unpaired) electrons. The summed E-state index contributed by atoms with van der Waals surface area (Å²) in [5.41, 5.74) is 0.688. The second kappa shape index (κ2) is 6.06. The molecular formula is C15H12BrFO2S. The Kier molecular flexibility index (Phi) is 4.17. The molecule has 0 unspecified atom stereocenters. The minimum Gasteiger partial charge on any atom is -0.486 e. The fourth-order valence-corrected chi connectivity index (χ4v) is 3.16. The van der Waals surface area contributed by atoms with Gasteiger partial charge in [0.25, 0.3) is 0 Å². The maximum Gasteiger partial charge on any atom is 0.162 e. The zero-order valence-electron chi connectivity index (χ0n) is 10.6. The molecule has 1 aliphatic rings. The molecule has 0 amide bonds. The summed E-state index contributed by atoms with van der Waals surface area (Å²) in [4.78, 5) is 1.04.